The lowest BCUT2D eigenvalue weighted by Gasteiger charge is -2.30. The summed E-state index contributed by atoms with van der Waals surface area (Å²) in [5, 5.41) is 5.34. The van der Waals surface area contributed by atoms with Crippen LogP contribution in [0.3, 0.4) is 0 Å². The number of ether oxygens (including phenoxy) is 1. The highest BCUT2D eigenvalue weighted by Crippen LogP contribution is 2.28. The van der Waals surface area contributed by atoms with E-state index in [2.05, 4.69) is 15.4 Å². The van der Waals surface area contributed by atoms with Crippen LogP contribution in [0.25, 0.3) is 0 Å². The molecule has 2 aromatic carbocycles. The fourth-order valence-electron chi connectivity index (χ4n) is 3.59. The first kappa shape index (κ1) is 25.5. The summed E-state index contributed by atoms with van der Waals surface area (Å²) in [6.45, 7) is 0.384. The van der Waals surface area contributed by atoms with Gasteiger partial charge in [0.2, 0.25) is 15.9 Å². The van der Waals surface area contributed by atoms with E-state index >= 15 is 0 Å². The molecule has 1 aliphatic heterocycles. The molecule has 34 heavy (non-hydrogen) atoms. The zero-order chi connectivity index (χ0) is 24.9. The molecule has 0 spiro atoms. The number of nitrogens with zero attached hydrogens (tertiary/aromatic N) is 1. The van der Waals surface area contributed by atoms with Crippen molar-refractivity contribution in [3.05, 3.63) is 59.7 Å². The second kappa shape index (κ2) is 10.4. The number of hydrogen-bond donors (Lipinski definition) is 2. The molecule has 0 atom stereocenters. The summed E-state index contributed by atoms with van der Waals surface area (Å²) >= 11 is 0. The Morgan fingerprint density at radius 3 is 2.32 bits per heavy atom. The molecule has 2 amide bonds. The van der Waals surface area contributed by atoms with Crippen molar-refractivity contribution in [1.29, 1.82) is 0 Å². The summed E-state index contributed by atoms with van der Waals surface area (Å²) < 4.78 is 68.0. The van der Waals surface area contributed by atoms with E-state index < -0.39 is 28.1 Å². The number of alkyl halides is 3. The van der Waals surface area contributed by atoms with Gasteiger partial charge in [0, 0.05) is 44.2 Å². The van der Waals surface area contributed by atoms with E-state index in [4.69, 9.17) is 0 Å². The molecule has 0 saturated carbocycles. The zero-order valence-electron chi connectivity index (χ0n) is 18.3. The molecule has 12 heteroatoms. The molecule has 0 aliphatic carbocycles. The SMILES string of the molecule is CNC(=O)c1ccc(CNC(=O)C2CCN(S(=O)(=O)c3cccc(OC(F)(F)F)c3)CC2)cc1. The van der Waals surface area contributed by atoms with Crippen molar-refractivity contribution in [3.63, 3.8) is 0 Å². The predicted molar refractivity (Wildman–Crippen MR) is 116 cm³/mol. The Hall–Kier alpha value is -3.12. The van der Waals surface area contributed by atoms with Crippen LogP contribution in [0.1, 0.15) is 28.8 Å². The van der Waals surface area contributed by atoms with E-state index in [-0.39, 0.29) is 49.2 Å². The van der Waals surface area contributed by atoms with Crippen LogP contribution >= 0.6 is 0 Å². The summed E-state index contributed by atoms with van der Waals surface area (Å²) in [7, 11) is -2.50. The van der Waals surface area contributed by atoms with Gasteiger partial charge >= 0.3 is 6.36 Å². The number of carbonyl (C=O) groups excluding carboxylic acids is 2. The average Bonchev–Trinajstić information content (AvgIpc) is 2.81. The molecule has 1 fully saturated rings. The normalized spacial score (nSPS) is 15.5. The summed E-state index contributed by atoms with van der Waals surface area (Å²) in [6.07, 6.45) is -4.38. The first-order valence-electron chi connectivity index (χ1n) is 10.4. The smallest absolute Gasteiger partial charge is 0.406 e. The Morgan fingerprint density at radius 1 is 1.09 bits per heavy atom. The highest BCUT2D eigenvalue weighted by atomic mass is 32.2. The molecule has 2 aromatic rings. The number of halogens is 3. The van der Waals surface area contributed by atoms with Crippen LogP contribution in [-0.2, 0) is 21.4 Å². The first-order chi connectivity index (χ1) is 16.0. The summed E-state index contributed by atoms with van der Waals surface area (Å²) in [4.78, 5) is 23.8. The minimum atomic E-state index is -4.93. The van der Waals surface area contributed by atoms with Gasteiger partial charge in [-0.05, 0) is 42.7 Å². The molecular formula is C22H24F3N3O5S. The number of piperidine rings is 1. The lowest BCUT2D eigenvalue weighted by atomic mass is 9.97. The van der Waals surface area contributed by atoms with E-state index in [0.717, 1.165) is 22.0 Å². The van der Waals surface area contributed by atoms with Crippen LogP contribution in [0, 0.1) is 5.92 Å². The fourth-order valence-corrected chi connectivity index (χ4v) is 5.10. The molecule has 0 unspecified atom stereocenters. The number of carbonyl (C=O) groups is 2. The van der Waals surface area contributed by atoms with E-state index in [1.165, 1.54) is 19.2 Å². The average molecular weight is 500 g/mol. The summed E-state index contributed by atoms with van der Waals surface area (Å²) in [5.41, 5.74) is 1.31. The molecule has 8 nitrogen and oxygen atoms in total. The Bertz CT molecular complexity index is 1130. The third-order valence-electron chi connectivity index (χ3n) is 5.41. The third kappa shape index (κ3) is 6.48. The monoisotopic (exact) mass is 499 g/mol. The van der Waals surface area contributed by atoms with Gasteiger partial charge in [0.15, 0.2) is 0 Å². The number of sulfonamides is 1. The number of nitrogens with one attached hydrogen (secondary N) is 2. The second-order valence-corrected chi connectivity index (χ2v) is 9.63. The zero-order valence-corrected chi connectivity index (χ0v) is 19.1. The van der Waals surface area contributed by atoms with Gasteiger partial charge in [-0.2, -0.15) is 4.31 Å². The van der Waals surface area contributed by atoms with Crippen LogP contribution < -0.4 is 15.4 Å². The van der Waals surface area contributed by atoms with Gasteiger partial charge in [0.05, 0.1) is 4.90 Å². The Labute approximate surface area is 195 Å². The number of benzene rings is 2. The van der Waals surface area contributed by atoms with Crippen LogP contribution in [0.2, 0.25) is 0 Å². The molecular weight excluding hydrogens is 475 g/mol. The van der Waals surface area contributed by atoms with Crippen molar-refractivity contribution in [3.8, 4) is 5.75 Å². The summed E-state index contributed by atoms with van der Waals surface area (Å²) in [6, 6.07) is 11.0. The van der Waals surface area contributed by atoms with E-state index in [9.17, 15) is 31.2 Å². The van der Waals surface area contributed by atoms with E-state index in [0.29, 0.717) is 5.56 Å². The predicted octanol–water partition coefficient (Wildman–Crippen LogP) is 2.66. The van der Waals surface area contributed by atoms with Gasteiger partial charge in [-0.1, -0.05) is 18.2 Å². The van der Waals surface area contributed by atoms with E-state index in [1.54, 1.807) is 24.3 Å². The maximum absolute atomic E-state index is 12.8. The largest absolute Gasteiger partial charge is 0.573 e. The Balaban J connectivity index is 1.54. The second-order valence-electron chi connectivity index (χ2n) is 7.69. The van der Waals surface area contributed by atoms with Crippen LogP contribution in [0.4, 0.5) is 13.2 Å². The van der Waals surface area contributed by atoms with Gasteiger partial charge in [0.25, 0.3) is 5.91 Å². The lowest BCUT2D eigenvalue weighted by molar-refractivity contribution is -0.274. The highest BCUT2D eigenvalue weighted by Gasteiger charge is 2.34. The van der Waals surface area contributed by atoms with Gasteiger partial charge in [-0.3, -0.25) is 9.59 Å². The van der Waals surface area contributed by atoms with Crippen molar-refractivity contribution in [2.45, 2.75) is 30.6 Å². The number of hydrogen-bond acceptors (Lipinski definition) is 5. The van der Waals surface area contributed by atoms with Crippen molar-refractivity contribution >= 4 is 21.8 Å². The molecule has 1 heterocycles. The standard InChI is InChI=1S/C22H24F3N3O5S/c1-26-20(29)16-7-5-15(6-8-16)14-27-21(30)17-9-11-28(12-10-17)34(31,32)19-4-2-3-18(13-19)33-22(23,24)25/h2-8,13,17H,9-12,14H2,1H3,(H,26,29)(H,27,30). The summed E-state index contributed by atoms with van der Waals surface area (Å²) in [5.74, 6) is -1.44. The van der Waals surface area contributed by atoms with Crippen molar-refractivity contribution in [2.75, 3.05) is 20.1 Å². The molecule has 0 radical (unpaired) electrons. The third-order valence-corrected chi connectivity index (χ3v) is 7.31. The van der Waals surface area contributed by atoms with Crippen molar-refractivity contribution in [1.82, 2.24) is 14.9 Å². The minimum Gasteiger partial charge on any atom is -0.406 e. The minimum absolute atomic E-state index is 0.0611. The maximum Gasteiger partial charge on any atom is 0.573 e. The first-order valence-corrected chi connectivity index (χ1v) is 11.9. The topological polar surface area (TPSA) is 105 Å². The molecule has 3 rings (SSSR count). The van der Waals surface area contributed by atoms with Gasteiger partial charge in [-0.15, -0.1) is 13.2 Å². The molecule has 1 saturated heterocycles. The molecule has 0 aromatic heterocycles. The van der Waals surface area contributed by atoms with Crippen molar-refractivity contribution in [2.24, 2.45) is 5.92 Å². The van der Waals surface area contributed by atoms with Crippen LogP contribution in [-0.4, -0.2) is 51.0 Å². The fraction of sp³-hybridized carbons (Fsp3) is 0.364. The Kier molecular flexibility index (Phi) is 7.82. The highest BCUT2D eigenvalue weighted by molar-refractivity contribution is 7.89. The number of amides is 2. The molecule has 1 aliphatic rings. The maximum atomic E-state index is 12.8. The van der Waals surface area contributed by atoms with E-state index in [1.807, 2.05) is 0 Å². The molecule has 2 N–H and O–H groups in total. The van der Waals surface area contributed by atoms with Gasteiger partial charge in [0.1, 0.15) is 5.75 Å². The number of rotatable bonds is 7. The quantitative estimate of drug-likeness (QED) is 0.610. The molecule has 184 valence electrons. The van der Waals surface area contributed by atoms with Gasteiger partial charge in [-0.25, -0.2) is 8.42 Å². The lowest BCUT2D eigenvalue weighted by Crippen LogP contribution is -2.42. The molecule has 0 bridgehead atoms. The van der Waals surface area contributed by atoms with Crippen molar-refractivity contribution < 1.29 is 35.9 Å². The van der Waals surface area contributed by atoms with Gasteiger partial charge < -0.3 is 15.4 Å². The van der Waals surface area contributed by atoms with Crippen LogP contribution in [0.15, 0.2) is 53.4 Å². The Morgan fingerprint density at radius 2 is 1.74 bits per heavy atom. The van der Waals surface area contributed by atoms with Crippen LogP contribution in [0.5, 0.6) is 5.75 Å².